The Hall–Kier alpha value is -2.67. The van der Waals surface area contributed by atoms with Gasteiger partial charge in [-0.05, 0) is 31.7 Å². The first-order valence-electron chi connectivity index (χ1n) is 9.62. The van der Waals surface area contributed by atoms with E-state index in [0.29, 0.717) is 25.9 Å². The van der Waals surface area contributed by atoms with Crippen molar-refractivity contribution in [2.75, 3.05) is 6.61 Å². The standard InChI is InChI=1S/C21H27N3O4/c1-14-18(13-22-24(14)2)20-17(10-11-28-20)21(27)23-16(8-9-19(25)26)12-15-6-4-3-5-7-15/h3-7,13,16-17,20H,8-12H2,1-2H3,(H,23,27)(H,25,26)/t16?,17-,20-/m0/s1. The molecule has 2 aromatic rings. The summed E-state index contributed by atoms with van der Waals surface area (Å²) in [4.78, 5) is 24.1. The number of carboxylic acids is 1. The summed E-state index contributed by atoms with van der Waals surface area (Å²) in [5.74, 6) is -1.25. The number of nitrogens with one attached hydrogen (secondary N) is 1. The SMILES string of the molecule is Cc1c([C@H]2OCC[C@@H]2C(=O)NC(CCC(=O)O)Cc2ccccc2)cnn1C. The molecule has 1 aromatic carbocycles. The zero-order valence-electron chi connectivity index (χ0n) is 16.3. The third kappa shape index (κ3) is 4.78. The Balaban J connectivity index is 1.70. The number of aliphatic carboxylic acids is 1. The van der Waals surface area contributed by atoms with Gasteiger partial charge in [0.2, 0.25) is 5.91 Å². The number of carbonyl (C=O) groups excluding carboxylic acids is 1. The highest BCUT2D eigenvalue weighted by atomic mass is 16.5. The highest BCUT2D eigenvalue weighted by Crippen LogP contribution is 2.36. The maximum absolute atomic E-state index is 13.0. The van der Waals surface area contributed by atoms with Gasteiger partial charge in [-0.25, -0.2) is 0 Å². The second-order valence-electron chi connectivity index (χ2n) is 7.32. The maximum Gasteiger partial charge on any atom is 0.303 e. The predicted octanol–water partition coefficient (Wildman–Crippen LogP) is 2.40. The van der Waals surface area contributed by atoms with Crippen LogP contribution in [0, 0.1) is 12.8 Å². The second-order valence-corrected chi connectivity index (χ2v) is 7.32. The van der Waals surface area contributed by atoms with Crippen LogP contribution in [0.2, 0.25) is 0 Å². The number of hydrogen-bond donors (Lipinski definition) is 2. The largest absolute Gasteiger partial charge is 0.481 e. The number of nitrogens with zero attached hydrogens (tertiary/aromatic N) is 2. The van der Waals surface area contributed by atoms with Gasteiger partial charge in [0.05, 0.1) is 18.2 Å². The van der Waals surface area contributed by atoms with Crippen molar-refractivity contribution in [2.24, 2.45) is 13.0 Å². The molecule has 3 atom stereocenters. The third-order valence-corrected chi connectivity index (χ3v) is 5.39. The Labute approximate surface area is 164 Å². The van der Waals surface area contributed by atoms with Gasteiger partial charge in [-0.2, -0.15) is 5.10 Å². The molecule has 7 nitrogen and oxygen atoms in total. The number of carbonyl (C=O) groups is 2. The van der Waals surface area contributed by atoms with Gasteiger partial charge in [0.15, 0.2) is 0 Å². The predicted molar refractivity (Wildman–Crippen MR) is 104 cm³/mol. The van der Waals surface area contributed by atoms with E-state index in [1.54, 1.807) is 10.9 Å². The first-order chi connectivity index (χ1) is 13.5. The van der Waals surface area contributed by atoms with Gasteiger partial charge >= 0.3 is 5.97 Å². The number of benzene rings is 1. The number of amides is 1. The first-order valence-corrected chi connectivity index (χ1v) is 9.62. The van der Waals surface area contributed by atoms with E-state index in [4.69, 9.17) is 9.84 Å². The van der Waals surface area contributed by atoms with Crippen LogP contribution in [0.15, 0.2) is 36.5 Å². The van der Waals surface area contributed by atoms with Gasteiger partial charge in [0.1, 0.15) is 0 Å². The average Bonchev–Trinajstić information content (AvgIpc) is 3.28. The molecular formula is C21H27N3O4. The Morgan fingerprint density at radius 2 is 2.11 bits per heavy atom. The quantitative estimate of drug-likeness (QED) is 0.728. The average molecular weight is 385 g/mol. The van der Waals surface area contributed by atoms with Crippen molar-refractivity contribution < 1.29 is 19.4 Å². The Kier molecular flexibility index (Phi) is 6.46. The third-order valence-electron chi connectivity index (χ3n) is 5.39. The van der Waals surface area contributed by atoms with Crippen molar-refractivity contribution in [3.63, 3.8) is 0 Å². The molecule has 2 heterocycles. The number of aromatic nitrogens is 2. The van der Waals surface area contributed by atoms with Crippen LogP contribution < -0.4 is 5.32 Å². The molecule has 28 heavy (non-hydrogen) atoms. The summed E-state index contributed by atoms with van der Waals surface area (Å²) in [5, 5.41) is 16.4. The number of carboxylic acid groups (broad SMARTS) is 1. The molecule has 3 rings (SSSR count). The van der Waals surface area contributed by atoms with Gasteiger partial charge in [0, 0.05) is 37.4 Å². The summed E-state index contributed by atoms with van der Waals surface area (Å²) in [6.45, 7) is 2.49. The smallest absolute Gasteiger partial charge is 0.303 e. The molecule has 0 saturated carbocycles. The molecule has 2 N–H and O–H groups in total. The molecule has 0 aliphatic carbocycles. The van der Waals surface area contributed by atoms with Gasteiger partial charge in [0.25, 0.3) is 0 Å². The molecule has 0 spiro atoms. The molecule has 1 aromatic heterocycles. The fourth-order valence-electron chi connectivity index (χ4n) is 3.69. The van der Waals surface area contributed by atoms with Crippen LogP contribution in [-0.4, -0.2) is 39.4 Å². The van der Waals surface area contributed by atoms with E-state index < -0.39 is 5.97 Å². The zero-order valence-corrected chi connectivity index (χ0v) is 16.3. The van der Waals surface area contributed by atoms with Gasteiger partial charge in [-0.1, -0.05) is 30.3 Å². The molecular weight excluding hydrogens is 358 g/mol. The van der Waals surface area contributed by atoms with E-state index in [0.717, 1.165) is 16.8 Å². The van der Waals surface area contributed by atoms with Crippen molar-refractivity contribution in [1.29, 1.82) is 0 Å². The van der Waals surface area contributed by atoms with Crippen LogP contribution in [-0.2, 0) is 27.8 Å². The zero-order chi connectivity index (χ0) is 20.1. The number of rotatable bonds is 8. The van der Waals surface area contributed by atoms with Gasteiger partial charge < -0.3 is 15.2 Å². The van der Waals surface area contributed by atoms with Crippen LogP contribution >= 0.6 is 0 Å². The van der Waals surface area contributed by atoms with Crippen molar-refractivity contribution in [3.05, 3.63) is 53.3 Å². The lowest BCUT2D eigenvalue weighted by Crippen LogP contribution is -2.41. The normalized spacial score (nSPS) is 20.1. The van der Waals surface area contributed by atoms with Crippen molar-refractivity contribution in [1.82, 2.24) is 15.1 Å². The van der Waals surface area contributed by atoms with E-state index in [2.05, 4.69) is 10.4 Å². The summed E-state index contributed by atoms with van der Waals surface area (Å²) < 4.78 is 7.63. The minimum Gasteiger partial charge on any atom is -0.481 e. The first kappa shape index (κ1) is 20.1. The van der Waals surface area contributed by atoms with Crippen LogP contribution in [0.1, 0.15) is 42.2 Å². The number of ether oxygens (including phenoxy) is 1. The molecule has 1 aliphatic heterocycles. The van der Waals surface area contributed by atoms with Crippen LogP contribution in [0.25, 0.3) is 0 Å². The van der Waals surface area contributed by atoms with Crippen molar-refractivity contribution in [2.45, 2.75) is 44.8 Å². The lowest BCUT2D eigenvalue weighted by Gasteiger charge is -2.23. The Bertz CT molecular complexity index is 818. The highest BCUT2D eigenvalue weighted by molar-refractivity contribution is 5.80. The molecule has 150 valence electrons. The van der Waals surface area contributed by atoms with Crippen LogP contribution in [0.3, 0.4) is 0 Å². The highest BCUT2D eigenvalue weighted by Gasteiger charge is 2.37. The molecule has 1 fully saturated rings. The lowest BCUT2D eigenvalue weighted by atomic mass is 9.93. The van der Waals surface area contributed by atoms with Crippen LogP contribution in [0.4, 0.5) is 0 Å². The molecule has 1 amide bonds. The number of hydrogen-bond acceptors (Lipinski definition) is 4. The fourth-order valence-corrected chi connectivity index (χ4v) is 3.69. The summed E-state index contributed by atoms with van der Waals surface area (Å²) in [7, 11) is 1.87. The van der Waals surface area contributed by atoms with E-state index >= 15 is 0 Å². The van der Waals surface area contributed by atoms with Gasteiger partial charge in [-0.15, -0.1) is 0 Å². The molecule has 1 aliphatic rings. The van der Waals surface area contributed by atoms with Crippen molar-refractivity contribution in [3.8, 4) is 0 Å². The topological polar surface area (TPSA) is 93.4 Å². The minimum atomic E-state index is -0.861. The van der Waals surface area contributed by atoms with E-state index in [1.807, 2.05) is 44.3 Å². The molecule has 1 saturated heterocycles. The van der Waals surface area contributed by atoms with Crippen molar-refractivity contribution >= 4 is 11.9 Å². The molecule has 0 radical (unpaired) electrons. The van der Waals surface area contributed by atoms with Gasteiger partial charge in [-0.3, -0.25) is 14.3 Å². The van der Waals surface area contributed by atoms with Crippen LogP contribution in [0.5, 0.6) is 0 Å². The summed E-state index contributed by atoms with van der Waals surface area (Å²) >= 11 is 0. The molecule has 7 heteroatoms. The Morgan fingerprint density at radius 1 is 1.36 bits per heavy atom. The summed E-state index contributed by atoms with van der Waals surface area (Å²) in [6.07, 6.45) is 3.10. The van der Waals surface area contributed by atoms with E-state index in [-0.39, 0.29) is 30.4 Å². The van der Waals surface area contributed by atoms with E-state index in [1.165, 1.54) is 0 Å². The minimum absolute atomic E-state index is 0.0179. The second kappa shape index (κ2) is 9.01. The summed E-state index contributed by atoms with van der Waals surface area (Å²) in [6, 6.07) is 9.56. The molecule has 0 bridgehead atoms. The number of aryl methyl sites for hydroxylation is 1. The lowest BCUT2D eigenvalue weighted by molar-refractivity contribution is -0.137. The maximum atomic E-state index is 13.0. The Morgan fingerprint density at radius 3 is 2.75 bits per heavy atom. The van der Waals surface area contributed by atoms with E-state index in [9.17, 15) is 9.59 Å². The molecule has 1 unspecified atom stereocenters. The summed E-state index contributed by atoms with van der Waals surface area (Å²) in [5.41, 5.74) is 2.99. The fraction of sp³-hybridized carbons (Fsp3) is 0.476. The monoisotopic (exact) mass is 385 g/mol.